The highest BCUT2D eigenvalue weighted by Gasteiger charge is 2.31. The molecule has 0 spiro atoms. The molecule has 0 aliphatic carbocycles. The van der Waals surface area contributed by atoms with Gasteiger partial charge < -0.3 is 54.6 Å². The number of hydrazine groups is 1. The number of nitrogens with zero attached hydrogens (tertiary/aromatic N) is 2. The van der Waals surface area contributed by atoms with Crippen molar-refractivity contribution in [1.29, 1.82) is 0 Å². The predicted molar refractivity (Wildman–Crippen MR) is 221 cm³/mol. The third-order valence-corrected chi connectivity index (χ3v) is 8.74. The quantitative estimate of drug-likeness (QED) is 0.0172. The molecule has 0 aromatic heterocycles. The van der Waals surface area contributed by atoms with Gasteiger partial charge in [0.05, 0.1) is 26.2 Å². The second kappa shape index (κ2) is 25.5. The SMILES string of the molecule is NCC(=O)NCC(=O)NN(CC(=O)N[C@@H](CO)C(=O)N[C@@H](Cc1ccccc1)C(=O)N[C@@H](CCCN=C(N)N)C(=O)N[C@@H](Cc1ccccc1)C(N)=O)Cc1ccccc1. The lowest BCUT2D eigenvalue weighted by molar-refractivity contribution is -0.135. The van der Waals surface area contributed by atoms with E-state index in [2.05, 4.69) is 37.0 Å². The molecule has 3 rings (SSSR count). The van der Waals surface area contributed by atoms with Crippen LogP contribution in [0.1, 0.15) is 29.5 Å². The highest BCUT2D eigenvalue weighted by molar-refractivity contribution is 5.96. The van der Waals surface area contributed by atoms with Gasteiger partial charge in [-0.05, 0) is 29.5 Å². The van der Waals surface area contributed by atoms with Gasteiger partial charge in [-0.15, -0.1) is 0 Å². The topological polar surface area (TPSA) is 332 Å². The number of hydrogen-bond acceptors (Lipinski definition) is 11. The summed E-state index contributed by atoms with van der Waals surface area (Å²) in [5.74, 6) is -5.44. The van der Waals surface area contributed by atoms with Crippen LogP contribution in [0, 0.1) is 0 Å². The van der Waals surface area contributed by atoms with Crippen LogP contribution in [-0.2, 0) is 52.9 Å². The largest absolute Gasteiger partial charge is 0.394 e. The molecular weight excluding hydrogens is 777 g/mol. The van der Waals surface area contributed by atoms with Gasteiger partial charge in [-0.3, -0.25) is 44.0 Å². The number of guanidine groups is 1. The van der Waals surface area contributed by atoms with E-state index in [4.69, 9.17) is 22.9 Å². The number of benzene rings is 3. The lowest BCUT2D eigenvalue weighted by Crippen LogP contribution is -2.59. The summed E-state index contributed by atoms with van der Waals surface area (Å²) < 4.78 is 0. The lowest BCUT2D eigenvalue weighted by atomic mass is 10.0. The maximum atomic E-state index is 14.0. The number of nitrogens with two attached hydrogens (primary N) is 4. The lowest BCUT2D eigenvalue weighted by Gasteiger charge is -2.27. The van der Waals surface area contributed by atoms with E-state index in [1.807, 2.05) is 0 Å². The standard InChI is InChI=1S/C40H54N12O8/c41-21-33(54)46-22-34(55)51-52(23-28-15-8-3-9-16-28)24-35(56)47-32(25-53)39(60)50-31(20-27-13-6-2-7-14-27)38(59)48-29(17-10-18-45-40(43)44)37(58)49-30(36(42)57)19-26-11-4-1-5-12-26/h1-9,11-16,29-32,53H,10,17-25,41H2,(H2,42,57)(H,46,54)(H,47,56)(H,48,59)(H,49,58)(H,50,60)(H,51,55)(H4,43,44,45)/t29-,30-,31-,32-/m0/s1. The summed E-state index contributed by atoms with van der Waals surface area (Å²) in [5, 5.41) is 24.1. The van der Waals surface area contributed by atoms with Gasteiger partial charge in [0, 0.05) is 25.9 Å². The van der Waals surface area contributed by atoms with Gasteiger partial charge in [0.25, 0.3) is 5.91 Å². The molecule has 0 fully saturated rings. The zero-order valence-corrected chi connectivity index (χ0v) is 33.0. The number of aliphatic imine (C=N–C) groups is 1. The number of carbonyl (C=O) groups excluding carboxylic acids is 7. The number of amides is 7. The van der Waals surface area contributed by atoms with Crippen LogP contribution in [0.3, 0.4) is 0 Å². The fourth-order valence-electron chi connectivity index (χ4n) is 5.73. The third-order valence-electron chi connectivity index (χ3n) is 8.74. The number of hydrogen-bond donors (Lipinski definition) is 11. The molecule has 322 valence electrons. The Morgan fingerprint density at radius 3 is 1.65 bits per heavy atom. The van der Waals surface area contributed by atoms with Gasteiger partial charge >= 0.3 is 0 Å². The number of carbonyl (C=O) groups is 7. The maximum Gasteiger partial charge on any atom is 0.253 e. The Hall–Kier alpha value is -6.90. The van der Waals surface area contributed by atoms with Crippen LogP contribution in [0.25, 0.3) is 0 Å². The molecule has 0 aliphatic heterocycles. The average Bonchev–Trinajstić information content (AvgIpc) is 3.23. The summed E-state index contributed by atoms with van der Waals surface area (Å²) in [5.41, 5.74) is 26.4. The molecule has 0 bridgehead atoms. The van der Waals surface area contributed by atoms with Crippen molar-refractivity contribution in [3.63, 3.8) is 0 Å². The molecule has 0 aliphatic rings. The number of primary amides is 1. The van der Waals surface area contributed by atoms with E-state index in [1.165, 1.54) is 5.01 Å². The molecule has 0 radical (unpaired) electrons. The first kappa shape index (κ1) is 47.5. The van der Waals surface area contributed by atoms with Crippen LogP contribution in [0.15, 0.2) is 96.0 Å². The molecule has 15 N–H and O–H groups in total. The minimum absolute atomic E-state index is 0.0158. The number of nitrogens with one attached hydrogen (secondary N) is 6. The summed E-state index contributed by atoms with van der Waals surface area (Å²) >= 11 is 0. The van der Waals surface area contributed by atoms with Crippen molar-refractivity contribution in [2.45, 2.75) is 56.4 Å². The number of aliphatic hydroxyl groups excluding tert-OH is 1. The summed E-state index contributed by atoms with van der Waals surface area (Å²) in [7, 11) is 0. The monoisotopic (exact) mass is 830 g/mol. The van der Waals surface area contributed by atoms with Gasteiger partial charge in [0.15, 0.2) is 5.96 Å². The summed E-state index contributed by atoms with van der Waals surface area (Å²) in [6.45, 7) is -1.95. The van der Waals surface area contributed by atoms with Crippen LogP contribution in [0.5, 0.6) is 0 Å². The Morgan fingerprint density at radius 1 is 0.617 bits per heavy atom. The Kier molecular flexibility index (Phi) is 20.1. The number of rotatable bonds is 25. The van der Waals surface area contributed by atoms with Crippen molar-refractivity contribution in [2.24, 2.45) is 27.9 Å². The first-order valence-corrected chi connectivity index (χ1v) is 19.1. The molecule has 20 nitrogen and oxygen atoms in total. The van der Waals surface area contributed by atoms with Crippen molar-refractivity contribution in [1.82, 2.24) is 37.0 Å². The van der Waals surface area contributed by atoms with Gasteiger partial charge in [0.1, 0.15) is 24.2 Å². The summed E-state index contributed by atoms with van der Waals surface area (Å²) in [6, 6.07) is 21.1. The predicted octanol–water partition coefficient (Wildman–Crippen LogP) is -3.45. The molecule has 7 amide bonds. The van der Waals surface area contributed by atoms with Crippen LogP contribution in [0.4, 0.5) is 0 Å². The second-order valence-electron chi connectivity index (χ2n) is 13.6. The maximum absolute atomic E-state index is 14.0. The molecule has 0 saturated carbocycles. The van der Waals surface area contributed by atoms with E-state index in [0.717, 1.165) is 5.56 Å². The molecule has 0 unspecified atom stereocenters. The van der Waals surface area contributed by atoms with Gasteiger partial charge in [-0.1, -0.05) is 91.0 Å². The van der Waals surface area contributed by atoms with Gasteiger partial charge in [-0.25, -0.2) is 5.01 Å². The van der Waals surface area contributed by atoms with Crippen molar-refractivity contribution in [3.05, 3.63) is 108 Å². The zero-order chi connectivity index (χ0) is 43.9. The van der Waals surface area contributed by atoms with Crippen molar-refractivity contribution >= 4 is 47.3 Å². The fraction of sp³-hybridized carbons (Fsp3) is 0.350. The molecule has 3 aromatic carbocycles. The van der Waals surface area contributed by atoms with Crippen LogP contribution in [0.2, 0.25) is 0 Å². The van der Waals surface area contributed by atoms with Crippen LogP contribution in [-0.4, -0.2) is 114 Å². The van der Waals surface area contributed by atoms with E-state index in [-0.39, 0.29) is 51.3 Å². The first-order chi connectivity index (χ1) is 28.8. The van der Waals surface area contributed by atoms with E-state index in [9.17, 15) is 38.7 Å². The average molecular weight is 831 g/mol. The van der Waals surface area contributed by atoms with Crippen LogP contribution >= 0.6 is 0 Å². The Balaban J connectivity index is 1.79. The molecule has 4 atom stereocenters. The smallest absolute Gasteiger partial charge is 0.253 e. The van der Waals surface area contributed by atoms with E-state index in [0.29, 0.717) is 11.1 Å². The zero-order valence-electron chi connectivity index (χ0n) is 33.0. The third kappa shape index (κ3) is 17.7. The molecule has 0 saturated heterocycles. The highest BCUT2D eigenvalue weighted by Crippen LogP contribution is 2.09. The summed E-state index contributed by atoms with van der Waals surface area (Å²) in [6.07, 6.45) is 0.264. The Labute approximate surface area is 347 Å². The fourth-order valence-corrected chi connectivity index (χ4v) is 5.73. The molecular formula is C40H54N12O8. The molecule has 60 heavy (non-hydrogen) atoms. The Bertz CT molecular complexity index is 1900. The van der Waals surface area contributed by atoms with Crippen LogP contribution < -0.4 is 54.9 Å². The van der Waals surface area contributed by atoms with Gasteiger partial charge in [0.2, 0.25) is 35.4 Å². The van der Waals surface area contributed by atoms with Crippen molar-refractivity contribution in [3.8, 4) is 0 Å². The van der Waals surface area contributed by atoms with Gasteiger partial charge in [-0.2, -0.15) is 0 Å². The van der Waals surface area contributed by atoms with Crippen molar-refractivity contribution < 1.29 is 38.7 Å². The molecule has 20 heteroatoms. The van der Waals surface area contributed by atoms with Crippen molar-refractivity contribution in [2.75, 3.05) is 32.8 Å². The molecule has 3 aromatic rings. The highest BCUT2D eigenvalue weighted by atomic mass is 16.3. The summed E-state index contributed by atoms with van der Waals surface area (Å²) in [4.78, 5) is 95.2. The van der Waals surface area contributed by atoms with E-state index >= 15 is 0 Å². The number of aliphatic hydroxyl groups is 1. The first-order valence-electron chi connectivity index (χ1n) is 19.1. The molecule has 0 heterocycles. The minimum Gasteiger partial charge on any atom is -0.394 e. The normalized spacial score (nSPS) is 12.7. The Morgan fingerprint density at radius 2 is 1.12 bits per heavy atom. The van der Waals surface area contributed by atoms with E-state index < -0.39 is 85.2 Å². The second-order valence-corrected chi connectivity index (χ2v) is 13.6. The van der Waals surface area contributed by atoms with E-state index in [1.54, 1.807) is 91.0 Å². The minimum atomic E-state index is -1.56.